The van der Waals surface area contributed by atoms with Gasteiger partial charge < -0.3 is 10.2 Å². The molecule has 1 aliphatic heterocycles. The second-order valence-electron chi connectivity index (χ2n) is 5.63. The Labute approximate surface area is 109 Å². The number of fused-ring (bicyclic) bond motifs is 1. The van der Waals surface area contributed by atoms with Crippen LogP contribution in [0.4, 0.5) is 4.79 Å². The summed E-state index contributed by atoms with van der Waals surface area (Å²) in [6.45, 7) is 8.71. The Morgan fingerprint density at radius 1 is 1.39 bits per heavy atom. The van der Waals surface area contributed by atoms with Gasteiger partial charge >= 0.3 is 6.03 Å². The van der Waals surface area contributed by atoms with Gasteiger partial charge in [0.25, 0.3) is 0 Å². The monoisotopic (exact) mass is 246 g/mol. The third kappa shape index (κ3) is 2.50. The molecule has 1 aromatic carbocycles. The highest BCUT2D eigenvalue weighted by Crippen LogP contribution is 2.32. The molecular formula is C15H22N2O. The predicted molar refractivity (Wildman–Crippen MR) is 73.6 cm³/mol. The fourth-order valence-electron chi connectivity index (χ4n) is 2.63. The molecule has 0 radical (unpaired) electrons. The van der Waals surface area contributed by atoms with Crippen LogP contribution in [0, 0.1) is 0 Å². The Kier molecular flexibility index (Phi) is 3.60. The molecule has 3 nitrogen and oxygen atoms in total. The van der Waals surface area contributed by atoms with Crippen LogP contribution in [0.1, 0.15) is 38.3 Å². The van der Waals surface area contributed by atoms with E-state index in [9.17, 15) is 4.79 Å². The van der Waals surface area contributed by atoms with E-state index in [2.05, 4.69) is 44.3 Å². The van der Waals surface area contributed by atoms with Gasteiger partial charge in [-0.2, -0.15) is 0 Å². The highest BCUT2D eigenvalue weighted by molar-refractivity contribution is 5.74. The van der Waals surface area contributed by atoms with Gasteiger partial charge in [-0.05, 0) is 17.5 Å². The number of amides is 2. The van der Waals surface area contributed by atoms with Crippen LogP contribution in [0.15, 0.2) is 24.3 Å². The van der Waals surface area contributed by atoms with E-state index < -0.39 is 0 Å². The number of nitrogens with one attached hydrogen (secondary N) is 1. The maximum Gasteiger partial charge on any atom is 0.317 e. The Hall–Kier alpha value is -1.51. The van der Waals surface area contributed by atoms with Crippen molar-refractivity contribution >= 4 is 6.03 Å². The van der Waals surface area contributed by atoms with Gasteiger partial charge in [-0.15, -0.1) is 0 Å². The molecule has 0 atom stereocenters. The van der Waals surface area contributed by atoms with E-state index in [0.717, 1.165) is 26.1 Å². The third-order valence-corrected chi connectivity index (χ3v) is 3.51. The molecule has 0 aliphatic carbocycles. The van der Waals surface area contributed by atoms with Crippen LogP contribution >= 0.6 is 0 Å². The number of hydrogen-bond acceptors (Lipinski definition) is 1. The maximum absolute atomic E-state index is 12.1. The highest BCUT2D eigenvalue weighted by Gasteiger charge is 2.33. The summed E-state index contributed by atoms with van der Waals surface area (Å²) >= 11 is 0. The van der Waals surface area contributed by atoms with Crippen molar-refractivity contribution in [2.75, 3.05) is 13.1 Å². The zero-order chi connectivity index (χ0) is 13.2. The van der Waals surface area contributed by atoms with Gasteiger partial charge in [0.15, 0.2) is 0 Å². The number of nitrogens with zero attached hydrogens (tertiary/aromatic N) is 1. The van der Waals surface area contributed by atoms with Crippen LogP contribution in [0.3, 0.4) is 0 Å². The molecule has 0 saturated carbocycles. The lowest BCUT2D eigenvalue weighted by Gasteiger charge is -2.39. The zero-order valence-corrected chi connectivity index (χ0v) is 11.5. The number of urea groups is 1. The highest BCUT2D eigenvalue weighted by atomic mass is 16.2. The second kappa shape index (κ2) is 5.01. The predicted octanol–water partition coefficient (Wildman–Crippen LogP) is 2.90. The number of benzene rings is 1. The summed E-state index contributed by atoms with van der Waals surface area (Å²) in [5.41, 5.74) is 2.66. The van der Waals surface area contributed by atoms with Gasteiger partial charge in [0.05, 0.1) is 0 Å². The number of carbonyl (C=O) groups is 1. The smallest absolute Gasteiger partial charge is 0.317 e. The quantitative estimate of drug-likeness (QED) is 0.855. The van der Waals surface area contributed by atoms with Crippen LogP contribution in [0.2, 0.25) is 0 Å². The van der Waals surface area contributed by atoms with Crippen molar-refractivity contribution < 1.29 is 4.79 Å². The van der Waals surface area contributed by atoms with Gasteiger partial charge in [0.2, 0.25) is 0 Å². The molecule has 1 aromatic rings. The average Bonchev–Trinajstić information content (AvgIpc) is 2.35. The minimum atomic E-state index is 0.0262. The fraction of sp³-hybridized carbons (Fsp3) is 0.533. The summed E-state index contributed by atoms with van der Waals surface area (Å²) in [5.74, 6) is 0. The van der Waals surface area contributed by atoms with Crippen LogP contribution < -0.4 is 5.32 Å². The van der Waals surface area contributed by atoms with E-state index in [0.29, 0.717) is 0 Å². The van der Waals surface area contributed by atoms with Gasteiger partial charge in [0, 0.05) is 25.0 Å². The van der Waals surface area contributed by atoms with Crippen LogP contribution in [-0.4, -0.2) is 24.0 Å². The van der Waals surface area contributed by atoms with Crippen molar-refractivity contribution in [3.05, 3.63) is 35.4 Å². The van der Waals surface area contributed by atoms with Gasteiger partial charge in [-0.3, -0.25) is 0 Å². The maximum atomic E-state index is 12.1. The number of carbonyl (C=O) groups excluding carboxylic acids is 1. The average molecular weight is 246 g/mol. The van der Waals surface area contributed by atoms with Crippen LogP contribution in [0.25, 0.3) is 0 Å². The van der Waals surface area contributed by atoms with E-state index in [4.69, 9.17) is 0 Å². The molecule has 1 heterocycles. The van der Waals surface area contributed by atoms with Crippen LogP contribution in [-0.2, 0) is 12.0 Å². The molecule has 3 heteroatoms. The Morgan fingerprint density at radius 3 is 2.83 bits per heavy atom. The second-order valence-corrected chi connectivity index (χ2v) is 5.63. The van der Waals surface area contributed by atoms with Crippen molar-refractivity contribution in [2.24, 2.45) is 0 Å². The lowest BCUT2D eigenvalue weighted by molar-refractivity contribution is 0.174. The standard InChI is InChI=1S/C15H22N2O/c1-4-9-16-14(18)17-10-12-7-5-6-8-13(12)15(2,3)11-17/h5-8H,4,9-11H2,1-3H3,(H,16,18). The van der Waals surface area contributed by atoms with E-state index in [1.807, 2.05) is 11.0 Å². The van der Waals surface area contributed by atoms with E-state index in [-0.39, 0.29) is 11.4 Å². The first-order chi connectivity index (χ1) is 8.54. The minimum Gasteiger partial charge on any atom is -0.338 e. The zero-order valence-electron chi connectivity index (χ0n) is 11.5. The van der Waals surface area contributed by atoms with Crippen molar-refractivity contribution in [1.82, 2.24) is 10.2 Å². The fourth-order valence-corrected chi connectivity index (χ4v) is 2.63. The molecule has 0 bridgehead atoms. The van der Waals surface area contributed by atoms with Gasteiger partial charge in [-0.1, -0.05) is 45.0 Å². The molecule has 1 aliphatic rings. The molecule has 2 rings (SSSR count). The SMILES string of the molecule is CCCNC(=O)N1Cc2ccccc2C(C)(C)C1. The van der Waals surface area contributed by atoms with Gasteiger partial charge in [-0.25, -0.2) is 4.79 Å². The molecular weight excluding hydrogens is 224 g/mol. The Bertz CT molecular complexity index is 440. The third-order valence-electron chi connectivity index (χ3n) is 3.51. The van der Waals surface area contributed by atoms with E-state index in [1.165, 1.54) is 11.1 Å². The summed E-state index contributed by atoms with van der Waals surface area (Å²) in [4.78, 5) is 14.0. The molecule has 98 valence electrons. The van der Waals surface area contributed by atoms with Crippen molar-refractivity contribution in [3.8, 4) is 0 Å². The molecule has 2 amide bonds. The molecule has 0 aromatic heterocycles. The Balaban J connectivity index is 2.18. The first kappa shape index (κ1) is 12.9. The lowest BCUT2D eigenvalue weighted by atomic mass is 9.78. The number of hydrogen-bond donors (Lipinski definition) is 1. The van der Waals surface area contributed by atoms with E-state index in [1.54, 1.807) is 0 Å². The van der Waals surface area contributed by atoms with Crippen molar-refractivity contribution in [1.29, 1.82) is 0 Å². The summed E-state index contributed by atoms with van der Waals surface area (Å²) in [7, 11) is 0. The van der Waals surface area contributed by atoms with E-state index >= 15 is 0 Å². The molecule has 0 spiro atoms. The van der Waals surface area contributed by atoms with Crippen molar-refractivity contribution in [2.45, 2.75) is 39.2 Å². The summed E-state index contributed by atoms with van der Waals surface area (Å²) < 4.78 is 0. The summed E-state index contributed by atoms with van der Waals surface area (Å²) in [5, 5.41) is 2.96. The summed E-state index contributed by atoms with van der Waals surface area (Å²) in [6.07, 6.45) is 0.972. The van der Waals surface area contributed by atoms with Crippen LogP contribution in [0.5, 0.6) is 0 Å². The lowest BCUT2D eigenvalue weighted by Crippen LogP contribution is -2.49. The molecule has 0 fully saturated rings. The largest absolute Gasteiger partial charge is 0.338 e. The molecule has 18 heavy (non-hydrogen) atoms. The van der Waals surface area contributed by atoms with Crippen molar-refractivity contribution in [3.63, 3.8) is 0 Å². The molecule has 1 N–H and O–H groups in total. The number of rotatable bonds is 2. The molecule has 0 unspecified atom stereocenters. The normalized spacial score (nSPS) is 17.2. The minimum absolute atomic E-state index is 0.0262. The Morgan fingerprint density at radius 2 is 2.11 bits per heavy atom. The topological polar surface area (TPSA) is 32.3 Å². The first-order valence-electron chi connectivity index (χ1n) is 6.66. The van der Waals surface area contributed by atoms with Gasteiger partial charge in [0.1, 0.15) is 0 Å². The first-order valence-corrected chi connectivity index (χ1v) is 6.66. The molecule has 0 saturated heterocycles. The summed E-state index contributed by atoms with van der Waals surface area (Å²) in [6, 6.07) is 8.47.